The molecule has 2 N–H and O–H groups in total. The second-order valence-electron chi connectivity index (χ2n) is 8.35. The molecule has 1 aliphatic heterocycles. The summed E-state index contributed by atoms with van der Waals surface area (Å²) in [6.07, 6.45) is 6.47. The largest absolute Gasteiger partial charge is 0.444 e. The maximum atomic E-state index is 12.3. The molecule has 0 aromatic heterocycles. The molecule has 7 nitrogen and oxygen atoms in total. The summed E-state index contributed by atoms with van der Waals surface area (Å²) in [5, 5.41) is 5.66. The van der Waals surface area contributed by atoms with Gasteiger partial charge in [0, 0.05) is 25.0 Å². The summed E-state index contributed by atoms with van der Waals surface area (Å²) in [6, 6.07) is 0.146. The van der Waals surface area contributed by atoms with Crippen LogP contribution in [-0.4, -0.2) is 54.1 Å². The molecule has 0 atom stereocenters. The van der Waals surface area contributed by atoms with Crippen LogP contribution in [0.15, 0.2) is 0 Å². The zero-order valence-corrected chi connectivity index (χ0v) is 16.3. The van der Waals surface area contributed by atoms with Crippen LogP contribution in [0.3, 0.4) is 0 Å². The van der Waals surface area contributed by atoms with Gasteiger partial charge in [0.15, 0.2) is 0 Å². The minimum absolute atomic E-state index is 0.0615. The lowest BCUT2D eigenvalue weighted by molar-refractivity contribution is -0.131. The molecule has 1 aliphatic carbocycles. The molecular weight excluding hydrogens is 334 g/mol. The molecule has 1 saturated heterocycles. The maximum absolute atomic E-state index is 12.3. The zero-order chi connectivity index (χ0) is 19.2. The summed E-state index contributed by atoms with van der Waals surface area (Å²) in [5.74, 6) is 0.232. The summed E-state index contributed by atoms with van der Waals surface area (Å²) >= 11 is 0. The fourth-order valence-corrected chi connectivity index (χ4v) is 3.53. The van der Waals surface area contributed by atoms with Gasteiger partial charge in [-0.05, 0) is 46.5 Å². The lowest BCUT2D eigenvalue weighted by Crippen LogP contribution is -2.50. The highest BCUT2D eigenvalue weighted by Gasteiger charge is 2.27. The molecule has 0 aromatic carbocycles. The number of nitrogens with zero attached hydrogens (tertiary/aromatic N) is 1. The fourth-order valence-electron chi connectivity index (χ4n) is 3.53. The number of hydrogen-bond acceptors (Lipinski definition) is 4. The number of ether oxygens (including phenoxy) is 1. The van der Waals surface area contributed by atoms with Gasteiger partial charge in [-0.3, -0.25) is 9.59 Å². The van der Waals surface area contributed by atoms with Crippen LogP contribution in [0.2, 0.25) is 0 Å². The molecule has 0 radical (unpaired) electrons. The minimum atomic E-state index is -0.583. The molecule has 0 bridgehead atoms. The number of alkyl carbamates (subject to hydrolysis) is 1. The highest BCUT2D eigenvalue weighted by Crippen LogP contribution is 2.24. The first kappa shape index (κ1) is 20.5. The van der Waals surface area contributed by atoms with Crippen LogP contribution in [0.5, 0.6) is 0 Å². The normalized spacial score (nSPS) is 19.7. The monoisotopic (exact) mass is 367 g/mol. The van der Waals surface area contributed by atoms with Crippen molar-refractivity contribution in [2.45, 2.75) is 77.4 Å². The van der Waals surface area contributed by atoms with Gasteiger partial charge >= 0.3 is 6.09 Å². The van der Waals surface area contributed by atoms with Crippen molar-refractivity contribution in [3.05, 3.63) is 0 Å². The Bertz CT molecular complexity index is 501. The highest BCUT2D eigenvalue weighted by molar-refractivity contribution is 5.82. The predicted octanol–water partition coefficient (Wildman–Crippen LogP) is 2.20. The Kier molecular flexibility index (Phi) is 7.29. The quantitative estimate of drug-likeness (QED) is 0.797. The van der Waals surface area contributed by atoms with Gasteiger partial charge in [-0.1, -0.05) is 19.3 Å². The van der Waals surface area contributed by atoms with Gasteiger partial charge in [0.1, 0.15) is 12.1 Å². The first-order valence-electron chi connectivity index (χ1n) is 9.79. The van der Waals surface area contributed by atoms with E-state index >= 15 is 0 Å². The second-order valence-corrected chi connectivity index (χ2v) is 8.35. The maximum Gasteiger partial charge on any atom is 0.408 e. The first-order valence-corrected chi connectivity index (χ1v) is 9.79. The average Bonchev–Trinajstić information content (AvgIpc) is 2.59. The van der Waals surface area contributed by atoms with Crippen molar-refractivity contribution in [2.24, 2.45) is 5.92 Å². The molecule has 1 saturated carbocycles. The predicted molar refractivity (Wildman–Crippen MR) is 98.6 cm³/mol. The van der Waals surface area contributed by atoms with Crippen LogP contribution in [-0.2, 0) is 14.3 Å². The van der Waals surface area contributed by atoms with Gasteiger partial charge in [0.05, 0.1) is 0 Å². The van der Waals surface area contributed by atoms with Crippen molar-refractivity contribution in [1.82, 2.24) is 15.5 Å². The molecule has 2 aliphatic rings. The Morgan fingerprint density at radius 1 is 1.00 bits per heavy atom. The molecule has 148 valence electrons. The van der Waals surface area contributed by atoms with Crippen LogP contribution >= 0.6 is 0 Å². The number of likely N-dealkylation sites (tertiary alicyclic amines) is 1. The van der Waals surface area contributed by atoms with E-state index < -0.39 is 11.7 Å². The summed E-state index contributed by atoms with van der Waals surface area (Å²) in [7, 11) is 0. The third kappa shape index (κ3) is 6.84. The van der Waals surface area contributed by atoms with Crippen LogP contribution in [0, 0.1) is 5.92 Å². The van der Waals surface area contributed by atoms with Crippen LogP contribution in [0.4, 0.5) is 4.79 Å². The van der Waals surface area contributed by atoms with Crippen molar-refractivity contribution >= 4 is 17.9 Å². The van der Waals surface area contributed by atoms with E-state index in [4.69, 9.17) is 4.74 Å². The summed E-state index contributed by atoms with van der Waals surface area (Å²) in [6.45, 7) is 6.48. The van der Waals surface area contributed by atoms with Crippen molar-refractivity contribution < 1.29 is 19.1 Å². The molecule has 0 aromatic rings. The van der Waals surface area contributed by atoms with Crippen molar-refractivity contribution in [3.63, 3.8) is 0 Å². The molecule has 7 heteroatoms. The van der Waals surface area contributed by atoms with E-state index in [1.807, 2.05) is 0 Å². The summed E-state index contributed by atoms with van der Waals surface area (Å²) < 4.78 is 5.13. The van der Waals surface area contributed by atoms with Gasteiger partial charge in [-0.2, -0.15) is 0 Å². The molecule has 2 fully saturated rings. The lowest BCUT2D eigenvalue weighted by atomic mass is 9.88. The number of carbonyl (C=O) groups excluding carboxylic acids is 3. The standard InChI is InChI=1S/C19H33N3O4/c1-19(2,3)26-18(25)20-13-16(23)22-11-9-15(10-12-22)21-17(24)14-7-5-4-6-8-14/h14-15H,4-13H2,1-3H3,(H,20,25)(H,21,24). The number of piperidine rings is 1. The van der Waals surface area contributed by atoms with Crippen LogP contribution in [0.1, 0.15) is 65.7 Å². The number of hydrogen-bond donors (Lipinski definition) is 2. The number of amides is 3. The SMILES string of the molecule is CC(C)(C)OC(=O)NCC(=O)N1CCC(NC(=O)C2CCCCC2)CC1. The van der Waals surface area contributed by atoms with E-state index in [0.717, 1.165) is 38.5 Å². The van der Waals surface area contributed by atoms with Crippen molar-refractivity contribution in [2.75, 3.05) is 19.6 Å². The van der Waals surface area contributed by atoms with Crippen molar-refractivity contribution in [1.29, 1.82) is 0 Å². The first-order chi connectivity index (χ1) is 12.2. The van der Waals surface area contributed by atoms with Gasteiger partial charge in [-0.15, -0.1) is 0 Å². The number of rotatable bonds is 4. The average molecular weight is 367 g/mol. The van der Waals surface area contributed by atoms with E-state index in [2.05, 4.69) is 10.6 Å². The van der Waals surface area contributed by atoms with E-state index in [1.54, 1.807) is 25.7 Å². The topological polar surface area (TPSA) is 87.7 Å². The van der Waals surface area contributed by atoms with E-state index in [-0.39, 0.29) is 30.3 Å². The van der Waals surface area contributed by atoms with Gasteiger partial charge in [-0.25, -0.2) is 4.79 Å². The van der Waals surface area contributed by atoms with Crippen molar-refractivity contribution in [3.8, 4) is 0 Å². The molecule has 2 rings (SSSR count). The van der Waals surface area contributed by atoms with E-state index in [0.29, 0.717) is 13.1 Å². The fraction of sp³-hybridized carbons (Fsp3) is 0.842. The smallest absolute Gasteiger partial charge is 0.408 e. The Labute approximate surface area is 156 Å². The van der Waals surface area contributed by atoms with E-state index in [1.165, 1.54) is 6.42 Å². The Morgan fingerprint density at radius 3 is 2.19 bits per heavy atom. The third-order valence-corrected chi connectivity index (χ3v) is 4.95. The molecule has 1 heterocycles. The molecular formula is C19H33N3O4. The van der Waals surface area contributed by atoms with E-state index in [9.17, 15) is 14.4 Å². The number of nitrogens with one attached hydrogen (secondary N) is 2. The van der Waals surface area contributed by atoms with Crippen LogP contribution < -0.4 is 10.6 Å². The second kappa shape index (κ2) is 9.24. The zero-order valence-electron chi connectivity index (χ0n) is 16.3. The Hall–Kier alpha value is -1.79. The summed E-state index contributed by atoms with van der Waals surface area (Å²) in [4.78, 5) is 37.9. The van der Waals surface area contributed by atoms with Gasteiger partial charge in [0.25, 0.3) is 0 Å². The summed E-state index contributed by atoms with van der Waals surface area (Å²) in [5.41, 5.74) is -0.581. The molecule has 0 spiro atoms. The van der Waals surface area contributed by atoms with Gasteiger partial charge < -0.3 is 20.3 Å². The third-order valence-electron chi connectivity index (χ3n) is 4.95. The number of carbonyl (C=O) groups is 3. The molecule has 3 amide bonds. The van der Waals surface area contributed by atoms with Crippen LogP contribution in [0.25, 0.3) is 0 Å². The Morgan fingerprint density at radius 2 is 1.62 bits per heavy atom. The van der Waals surface area contributed by atoms with Gasteiger partial charge in [0.2, 0.25) is 11.8 Å². The highest BCUT2D eigenvalue weighted by atomic mass is 16.6. The Balaban J connectivity index is 1.66. The molecule has 0 unspecified atom stereocenters. The molecule has 26 heavy (non-hydrogen) atoms. The lowest BCUT2D eigenvalue weighted by Gasteiger charge is -2.33. The minimum Gasteiger partial charge on any atom is -0.444 e.